The lowest BCUT2D eigenvalue weighted by Crippen LogP contribution is -2.31. The number of pyridine rings is 1. The van der Waals surface area contributed by atoms with E-state index in [0.29, 0.717) is 5.56 Å². The van der Waals surface area contributed by atoms with Crippen LogP contribution in [-0.4, -0.2) is 0 Å². The summed E-state index contributed by atoms with van der Waals surface area (Å²) in [6, 6.07) is 16.3. The second kappa shape index (κ2) is 5.21. The number of aryl methyl sites for hydroxylation is 3. The maximum Gasteiger partial charge on any atom is 0.212 e. The van der Waals surface area contributed by atoms with Crippen LogP contribution in [-0.2, 0) is 7.05 Å². The minimum Gasteiger partial charge on any atom is -0.456 e. The van der Waals surface area contributed by atoms with E-state index in [2.05, 4.69) is 62.0 Å². The Bertz CT molecular complexity index is 1150. The molecule has 2 heterocycles. The minimum absolute atomic E-state index is 0.652. The van der Waals surface area contributed by atoms with Gasteiger partial charge in [0.05, 0.1) is 17.2 Å². The van der Waals surface area contributed by atoms with Gasteiger partial charge in [0.25, 0.3) is 0 Å². The van der Waals surface area contributed by atoms with Crippen molar-refractivity contribution in [3.63, 3.8) is 0 Å². The molecule has 2 aromatic carbocycles. The smallest absolute Gasteiger partial charge is 0.212 e. The summed E-state index contributed by atoms with van der Waals surface area (Å²) in [5.74, 6) is 0. The van der Waals surface area contributed by atoms with Gasteiger partial charge in [-0.15, -0.1) is 0 Å². The van der Waals surface area contributed by atoms with Crippen molar-refractivity contribution >= 4 is 21.9 Å². The second-order valence-electron chi connectivity index (χ2n) is 6.26. The second-order valence-corrected chi connectivity index (χ2v) is 6.26. The number of hydrogen-bond donors (Lipinski definition) is 0. The maximum atomic E-state index is 9.38. The van der Waals surface area contributed by atoms with Crippen LogP contribution < -0.4 is 4.57 Å². The number of fused-ring (bicyclic) bond motifs is 3. The number of rotatable bonds is 1. The highest BCUT2D eigenvalue weighted by molar-refractivity contribution is 6.08. The van der Waals surface area contributed by atoms with Crippen molar-refractivity contribution in [1.29, 1.82) is 5.26 Å². The van der Waals surface area contributed by atoms with Gasteiger partial charge in [0.2, 0.25) is 5.69 Å². The molecule has 0 fully saturated rings. The van der Waals surface area contributed by atoms with Crippen LogP contribution in [0.2, 0.25) is 0 Å². The topological polar surface area (TPSA) is 40.8 Å². The average Bonchev–Trinajstić information content (AvgIpc) is 2.92. The fourth-order valence-corrected chi connectivity index (χ4v) is 3.38. The normalized spacial score (nSPS) is 11.1. The Morgan fingerprint density at radius 2 is 1.88 bits per heavy atom. The van der Waals surface area contributed by atoms with Gasteiger partial charge in [-0.2, -0.15) is 5.26 Å². The number of aromatic nitrogens is 1. The SMILES string of the molecule is Cc1ccc(-c2cc3oc4cccc(C#N)c4c3cc2C)[n+](C)c1. The van der Waals surface area contributed by atoms with E-state index < -0.39 is 0 Å². The summed E-state index contributed by atoms with van der Waals surface area (Å²) in [4.78, 5) is 0. The molecule has 0 amide bonds. The Balaban J connectivity index is 2.05. The molecule has 0 saturated carbocycles. The highest BCUT2D eigenvalue weighted by Crippen LogP contribution is 2.35. The molecule has 116 valence electrons. The molecule has 4 rings (SSSR count). The first-order valence-electron chi connectivity index (χ1n) is 7.91. The zero-order valence-corrected chi connectivity index (χ0v) is 13.9. The molecule has 0 spiro atoms. The van der Waals surface area contributed by atoms with Crippen LogP contribution in [0.4, 0.5) is 0 Å². The molecular weight excluding hydrogens is 296 g/mol. The quantitative estimate of drug-likeness (QED) is 0.483. The third-order valence-corrected chi connectivity index (χ3v) is 4.52. The predicted octanol–water partition coefficient (Wildman–Crippen LogP) is 4.57. The van der Waals surface area contributed by atoms with E-state index in [1.54, 1.807) is 0 Å². The van der Waals surface area contributed by atoms with Crippen molar-refractivity contribution in [2.24, 2.45) is 7.05 Å². The van der Waals surface area contributed by atoms with Gasteiger partial charge in [-0.25, -0.2) is 4.57 Å². The van der Waals surface area contributed by atoms with Crippen LogP contribution >= 0.6 is 0 Å². The summed E-state index contributed by atoms with van der Waals surface area (Å²) in [6.07, 6.45) is 2.12. The van der Waals surface area contributed by atoms with Gasteiger partial charge < -0.3 is 4.42 Å². The Labute approximate surface area is 140 Å². The lowest BCUT2D eigenvalue weighted by atomic mass is 9.99. The van der Waals surface area contributed by atoms with Gasteiger partial charge in [-0.3, -0.25) is 0 Å². The fourth-order valence-electron chi connectivity index (χ4n) is 3.38. The molecule has 0 aliphatic heterocycles. The summed E-state index contributed by atoms with van der Waals surface area (Å²) < 4.78 is 8.15. The minimum atomic E-state index is 0.652. The van der Waals surface area contributed by atoms with Gasteiger partial charge in [0.15, 0.2) is 6.20 Å². The first-order valence-corrected chi connectivity index (χ1v) is 7.91. The summed E-state index contributed by atoms with van der Waals surface area (Å²) in [5.41, 5.74) is 6.89. The maximum absolute atomic E-state index is 9.38. The molecule has 0 unspecified atom stereocenters. The van der Waals surface area contributed by atoms with Crippen molar-refractivity contribution in [3.05, 3.63) is 65.4 Å². The molecule has 0 saturated heterocycles. The van der Waals surface area contributed by atoms with Crippen LogP contribution in [0.5, 0.6) is 0 Å². The lowest BCUT2D eigenvalue weighted by molar-refractivity contribution is -0.660. The number of nitriles is 1. The van der Waals surface area contributed by atoms with Gasteiger partial charge in [0.1, 0.15) is 18.2 Å². The number of benzene rings is 2. The summed E-state index contributed by atoms with van der Waals surface area (Å²) in [7, 11) is 2.05. The van der Waals surface area contributed by atoms with Crippen molar-refractivity contribution in [3.8, 4) is 17.3 Å². The van der Waals surface area contributed by atoms with E-state index in [1.807, 2.05) is 18.2 Å². The molecule has 0 aliphatic carbocycles. The van der Waals surface area contributed by atoms with Crippen molar-refractivity contribution in [2.75, 3.05) is 0 Å². The van der Waals surface area contributed by atoms with Crippen LogP contribution in [0.1, 0.15) is 16.7 Å². The zero-order chi connectivity index (χ0) is 16.8. The van der Waals surface area contributed by atoms with E-state index in [0.717, 1.165) is 38.8 Å². The Morgan fingerprint density at radius 1 is 1.04 bits per heavy atom. The molecule has 3 heteroatoms. The highest BCUT2D eigenvalue weighted by Gasteiger charge is 2.17. The van der Waals surface area contributed by atoms with E-state index in [1.165, 1.54) is 5.56 Å². The Morgan fingerprint density at radius 3 is 2.62 bits per heavy atom. The van der Waals surface area contributed by atoms with Crippen LogP contribution in [0.3, 0.4) is 0 Å². The first kappa shape index (κ1) is 14.5. The molecule has 0 aliphatic rings. The van der Waals surface area contributed by atoms with Gasteiger partial charge in [-0.1, -0.05) is 6.07 Å². The number of furan rings is 1. The molecule has 3 nitrogen and oxygen atoms in total. The molecule has 2 aromatic heterocycles. The zero-order valence-electron chi connectivity index (χ0n) is 13.9. The molecule has 24 heavy (non-hydrogen) atoms. The van der Waals surface area contributed by atoms with Crippen LogP contribution in [0, 0.1) is 25.2 Å². The Hall–Kier alpha value is -3.12. The van der Waals surface area contributed by atoms with Crippen LogP contribution in [0.25, 0.3) is 33.2 Å². The molecule has 0 bridgehead atoms. The lowest BCUT2D eigenvalue weighted by Gasteiger charge is -2.05. The molecule has 0 radical (unpaired) electrons. The summed E-state index contributed by atoms with van der Waals surface area (Å²) in [6.45, 7) is 4.19. The van der Waals surface area contributed by atoms with Gasteiger partial charge in [0, 0.05) is 22.4 Å². The third-order valence-electron chi connectivity index (χ3n) is 4.52. The number of nitrogens with zero attached hydrogens (tertiary/aromatic N) is 2. The molecule has 4 aromatic rings. The van der Waals surface area contributed by atoms with Gasteiger partial charge in [-0.05, 0) is 49.7 Å². The van der Waals surface area contributed by atoms with Crippen LogP contribution in [0.15, 0.2) is 53.1 Å². The van der Waals surface area contributed by atoms with Crippen molar-refractivity contribution < 1.29 is 8.98 Å². The average molecular weight is 313 g/mol. The third kappa shape index (κ3) is 2.08. The largest absolute Gasteiger partial charge is 0.456 e. The molecule has 0 atom stereocenters. The number of hydrogen-bond acceptors (Lipinski definition) is 2. The van der Waals surface area contributed by atoms with E-state index in [9.17, 15) is 5.26 Å². The summed E-state index contributed by atoms with van der Waals surface area (Å²) in [5, 5.41) is 11.3. The highest BCUT2D eigenvalue weighted by atomic mass is 16.3. The predicted molar refractivity (Wildman–Crippen MR) is 94.5 cm³/mol. The monoisotopic (exact) mass is 313 g/mol. The van der Waals surface area contributed by atoms with Crippen molar-refractivity contribution in [1.82, 2.24) is 0 Å². The molecule has 0 N–H and O–H groups in total. The first-order chi connectivity index (χ1) is 11.6. The van der Waals surface area contributed by atoms with E-state index in [-0.39, 0.29) is 0 Å². The molecular formula is C21H17N2O+. The fraction of sp³-hybridized carbons (Fsp3) is 0.143. The van der Waals surface area contributed by atoms with Gasteiger partial charge >= 0.3 is 0 Å². The Kier molecular flexibility index (Phi) is 3.14. The van der Waals surface area contributed by atoms with Crippen molar-refractivity contribution in [2.45, 2.75) is 13.8 Å². The standard InChI is InChI=1S/C21H17N2O/c1-13-7-8-18(23(3)12-13)16-10-20-17(9-14(16)2)21-15(11-22)5-4-6-19(21)24-20/h4-10,12H,1-3H3/q+1. The van der Waals surface area contributed by atoms with E-state index in [4.69, 9.17) is 4.42 Å². The van der Waals surface area contributed by atoms with E-state index >= 15 is 0 Å². The summed E-state index contributed by atoms with van der Waals surface area (Å²) >= 11 is 0.